The van der Waals surface area contributed by atoms with E-state index in [0.29, 0.717) is 12.5 Å². The van der Waals surface area contributed by atoms with Crippen LogP contribution in [0.15, 0.2) is 0 Å². The first-order chi connectivity index (χ1) is 6.61. The van der Waals surface area contributed by atoms with Crippen molar-refractivity contribution in [2.24, 2.45) is 0 Å². The summed E-state index contributed by atoms with van der Waals surface area (Å²) in [6, 6.07) is 3.45. The average Bonchev–Trinajstić information content (AvgIpc) is 2.83. The lowest BCUT2D eigenvalue weighted by atomic mass is 9.97. The van der Waals surface area contributed by atoms with Crippen molar-refractivity contribution in [3.8, 4) is 6.07 Å². The molecule has 1 N–H and O–H groups in total. The Labute approximate surface area is 86.1 Å². The highest BCUT2D eigenvalue weighted by Gasteiger charge is 2.38. The highest BCUT2D eigenvalue weighted by atomic mass is 15.3. The van der Waals surface area contributed by atoms with E-state index in [2.05, 4.69) is 30.1 Å². The van der Waals surface area contributed by atoms with Gasteiger partial charge in [0.15, 0.2) is 0 Å². The molecule has 78 valence electrons. The van der Waals surface area contributed by atoms with Crippen LogP contribution in [0.1, 0.15) is 33.1 Å². The third-order valence-corrected chi connectivity index (χ3v) is 3.05. The Morgan fingerprint density at radius 3 is 2.79 bits per heavy atom. The van der Waals surface area contributed by atoms with Crippen LogP contribution in [0.4, 0.5) is 0 Å². The summed E-state index contributed by atoms with van der Waals surface area (Å²) in [5.41, 5.74) is 0.169. The van der Waals surface area contributed by atoms with Crippen molar-refractivity contribution < 1.29 is 0 Å². The summed E-state index contributed by atoms with van der Waals surface area (Å²) in [6.45, 7) is 6.64. The van der Waals surface area contributed by atoms with Crippen LogP contribution in [-0.2, 0) is 0 Å². The number of hydrogen-bond donors (Lipinski definition) is 1. The molecule has 1 unspecified atom stereocenters. The number of nitriles is 1. The van der Waals surface area contributed by atoms with E-state index >= 15 is 0 Å². The molecular weight excluding hydrogens is 174 g/mol. The SMILES string of the molecule is CC1(C)CN(C2CC2)CC(CC#N)N1. The van der Waals surface area contributed by atoms with Crippen molar-refractivity contribution in [1.82, 2.24) is 10.2 Å². The molecule has 14 heavy (non-hydrogen) atoms. The molecule has 0 spiro atoms. The Hall–Kier alpha value is -0.590. The molecule has 0 bridgehead atoms. The summed E-state index contributed by atoms with van der Waals surface area (Å²) < 4.78 is 0. The number of nitrogens with one attached hydrogen (secondary N) is 1. The van der Waals surface area contributed by atoms with Gasteiger partial charge in [0.05, 0.1) is 12.5 Å². The maximum atomic E-state index is 8.72. The lowest BCUT2D eigenvalue weighted by Gasteiger charge is -2.43. The van der Waals surface area contributed by atoms with E-state index in [4.69, 9.17) is 5.26 Å². The molecule has 1 saturated heterocycles. The van der Waals surface area contributed by atoms with Gasteiger partial charge < -0.3 is 5.32 Å². The Bertz CT molecular complexity index is 250. The molecule has 1 saturated carbocycles. The van der Waals surface area contributed by atoms with Crippen LogP contribution in [0.3, 0.4) is 0 Å². The van der Waals surface area contributed by atoms with Crippen LogP contribution >= 0.6 is 0 Å². The van der Waals surface area contributed by atoms with E-state index in [1.54, 1.807) is 0 Å². The normalized spacial score (nSPS) is 32.5. The molecule has 0 aromatic heterocycles. The molecule has 3 heteroatoms. The number of hydrogen-bond acceptors (Lipinski definition) is 3. The predicted octanol–water partition coefficient (Wildman–Crippen LogP) is 1.11. The molecule has 2 rings (SSSR count). The Morgan fingerprint density at radius 2 is 2.21 bits per heavy atom. The zero-order chi connectivity index (χ0) is 10.2. The molecule has 1 atom stereocenters. The van der Waals surface area contributed by atoms with Gasteiger partial charge in [-0.3, -0.25) is 4.90 Å². The second-order valence-corrected chi connectivity index (χ2v) is 5.25. The molecule has 0 aromatic rings. The van der Waals surface area contributed by atoms with Gasteiger partial charge in [0.2, 0.25) is 0 Å². The summed E-state index contributed by atoms with van der Waals surface area (Å²) in [4.78, 5) is 2.55. The number of piperazine rings is 1. The van der Waals surface area contributed by atoms with Gasteiger partial charge >= 0.3 is 0 Å². The van der Waals surface area contributed by atoms with Gasteiger partial charge in [-0.2, -0.15) is 5.26 Å². The van der Waals surface area contributed by atoms with Crippen molar-refractivity contribution in [1.29, 1.82) is 5.26 Å². The fraction of sp³-hybridized carbons (Fsp3) is 0.909. The van der Waals surface area contributed by atoms with Crippen LogP contribution in [0, 0.1) is 11.3 Å². The maximum Gasteiger partial charge on any atom is 0.0638 e. The highest BCUT2D eigenvalue weighted by molar-refractivity contribution is 4.99. The zero-order valence-corrected chi connectivity index (χ0v) is 9.08. The topological polar surface area (TPSA) is 39.1 Å². The molecule has 1 heterocycles. The molecule has 2 aliphatic rings. The van der Waals surface area contributed by atoms with Crippen molar-refractivity contribution in [3.63, 3.8) is 0 Å². The van der Waals surface area contributed by atoms with Gasteiger partial charge in [-0.05, 0) is 26.7 Å². The van der Waals surface area contributed by atoms with E-state index in [1.807, 2.05) is 0 Å². The van der Waals surface area contributed by atoms with Crippen LogP contribution in [-0.4, -0.2) is 35.6 Å². The summed E-state index contributed by atoms with van der Waals surface area (Å²) in [7, 11) is 0. The summed E-state index contributed by atoms with van der Waals surface area (Å²) in [6.07, 6.45) is 3.34. The average molecular weight is 193 g/mol. The number of nitrogens with zero attached hydrogens (tertiary/aromatic N) is 2. The van der Waals surface area contributed by atoms with Gasteiger partial charge in [-0.1, -0.05) is 0 Å². The van der Waals surface area contributed by atoms with Gasteiger partial charge in [-0.15, -0.1) is 0 Å². The summed E-state index contributed by atoms with van der Waals surface area (Å²) in [5.74, 6) is 0. The largest absolute Gasteiger partial charge is 0.305 e. The molecule has 3 nitrogen and oxygen atoms in total. The lowest BCUT2D eigenvalue weighted by molar-refractivity contribution is 0.112. The molecule has 2 fully saturated rings. The van der Waals surface area contributed by atoms with Crippen molar-refractivity contribution in [3.05, 3.63) is 0 Å². The van der Waals surface area contributed by atoms with E-state index in [1.165, 1.54) is 12.8 Å². The Morgan fingerprint density at radius 1 is 1.50 bits per heavy atom. The highest BCUT2D eigenvalue weighted by Crippen LogP contribution is 2.30. The van der Waals surface area contributed by atoms with Crippen LogP contribution in [0.5, 0.6) is 0 Å². The van der Waals surface area contributed by atoms with Gasteiger partial charge in [0, 0.05) is 30.7 Å². The van der Waals surface area contributed by atoms with Crippen molar-refractivity contribution in [2.75, 3.05) is 13.1 Å². The van der Waals surface area contributed by atoms with E-state index in [0.717, 1.165) is 19.1 Å². The third-order valence-electron chi connectivity index (χ3n) is 3.05. The first-order valence-corrected chi connectivity index (χ1v) is 5.49. The number of rotatable bonds is 2. The van der Waals surface area contributed by atoms with E-state index in [-0.39, 0.29) is 5.54 Å². The Kier molecular flexibility index (Phi) is 2.50. The van der Waals surface area contributed by atoms with Gasteiger partial charge in [0.1, 0.15) is 0 Å². The van der Waals surface area contributed by atoms with Crippen LogP contribution in [0.25, 0.3) is 0 Å². The minimum Gasteiger partial charge on any atom is -0.305 e. The van der Waals surface area contributed by atoms with Gasteiger partial charge in [0.25, 0.3) is 0 Å². The standard InChI is InChI=1S/C11H19N3/c1-11(2)8-14(10-3-4-10)7-9(13-11)5-6-12/h9-10,13H,3-5,7-8H2,1-2H3. The fourth-order valence-corrected chi connectivity index (χ4v) is 2.44. The monoisotopic (exact) mass is 193 g/mol. The van der Waals surface area contributed by atoms with Crippen molar-refractivity contribution in [2.45, 2.75) is 50.7 Å². The predicted molar refractivity (Wildman–Crippen MR) is 55.8 cm³/mol. The quantitative estimate of drug-likeness (QED) is 0.714. The second kappa shape index (κ2) is 3.52. The van der Waals surface area contributed by atoms with Gasteiger partial charge in [-0.25, -0.2) is 0 Å². The molecule has 1 aliphatic carbocycles. The lowest BCUT2D eigenvalue weighted by Crippen LogP contribution is -2.62. The molecule has 0 amide bonds. The minimum absolute atomic E-state index is 0.169. The maximum absolute atomic E-state index is 8.72. The molecular formula is C11H19N3. The smallest absolute Gasteiger partial charge is 0.0638 e. The van der Waals surface area contributed by atoms with E-state index in [9.17, 15) is 0 Å². The van der Waals surface area contributed by atoms with Crippen LogP contribution < -0.4 is 5.32 Å². The molecule has 0 radical (unpaired) electrons. The van der Waals surface area contributed by atoms with E-state index < -0.39 is 0 Å². The molecule has 1 aliphatic heterocycles. The first kappa shape index (κ1) is 9.95. The minimum atomic E-state index is 0.169. The first-order valence-electron chi connectivity index (χ1n) is 5.49. The van der Waals surface area contributed by atoms with Crippen molar-refractivity contribution >= 4 is 0 Å². The zero-order valence-electron chi connectivity index (χ0n) is 9.08. The van der Waals surface area contributed by atoms with Crippen LogP contribution in [0.2, 0.25) is 0 Å². The summed E-state index contributed by atoms with van der Waals surface area (Å²) >= 11 is 0. The summed E-state index contributed by atoms with van der Waals surface area (Å²) in [5, 5.41) is 12.3. The molecule has 0 aromatic carbocycles. The fourth-order valence-electron chi connectivity index (χ4n) is 2.44. The Balaban J connectivity index is 1.98. The second-order valence-electron chi connectivity index (χ2n) is 5.25. The third kappa shape index (κ3) is 2.26.